The normalized spacial score (nSPS) is 24.7. The quantitative estimate of drug-likeness (QED) is 0.774. The fraction of sp³-hybridized carbons (Fsp3) is 0.905. The molecule has 2 saturated heterocycles. The van der Waals surface area contributed by atoms with Crippen molar-refractivity contribution < 1.29 is 9.59 Å². The number of hydrogen-bond donors (Lipinski definition) is 0. The first-order chi connectivity index (χ1) is 12.4. The molecule has 5 heteroatoms. The maximum Gasteiger partial charge on any atom is 0.240 e. The first kappa shape index (κ1) is 19.7. The monoisotopic (exact) mass is 363 g/mol. The van der Waals surface area contributed by atoms with Crippen molar-refractivity contribution in [1.82, 2.24) is 14.7 Å². The summed E-state index contributed by atoms with van der Waals surface area (Å²) in [7, 11) is 0. The van der Waals surface area contributed by atoms with Gasteiger partial charge in [-0.15, -0.1) is 0 Å². The molecule has 0 aromatic rings. The third-order valence-corrected chi connectivity index (χ3v) is 6.40. The molecule has 2 amide bonds. The number of carbonyl (C=O) groups excluding carboxylic acids is 2. The number of likely N-dealkylation sites (tertiary alicyclic amines) is 1. The Morgan fingerprint density at radius 1 is 0.769 bits per heavy atom. The van der Waals surface area contributed by atoms with Crippen LogP contribution >= 0.6 is 0 Å². The predicted molar refractivity (Wildman–Crippen MR) is 104 cm³/mol. The number of hydrogen-bond acceptors (Lipinski definition) is 3. The van der Waals surface area contributed by atoms with Gasteiger partial charge in [0.25, 0.3) is 0 Å². The third-order valence-electron chi connectivity index (χ3n) is 6.40. The van der Waals surface area contributed by atoms with Gasteiger partial charge in [0.2, 0.25) is 11.8 Å². The largest absolute Gasteiger partial charge is 0.341 e. The average Bonchev–Trinajstić information content (AvgIpc) is 3.16. The Hall–Kier alpha value is -1.10. The van der Waals surface area contributed by atoms with E-state index in [1.54, 1.807) is 0 Å². The zero-order valence-electron chi connectivity index (χ0n) is 17.0. The van der Waals surface area contributed by atoms with Gasteiger partial charge in [0.05, 0.1) is 6.04 Å². The Morgan fingerprint density at radius 2 is 1.35 bits per heavy atom. The van der Waals surface area contributed by atoms with E-state index < -0.39 is 0 Å². The lowest BCUT2D eigenvalue weighted by atomic mass is 9.92. The molecule has 3 fully saturated rings. The first-order valence-corrected chi connectivity index (χ1v) is 10.7. The standard InChI is InChI=1S/C21H37N3O2/c1-21(2,3)20(26)24-15-13-22(14-16-24)18(17-9-5-6-10-17)19(25)23-11-7-4-8-12-23/h17-18H,4-16H2,1-3H3/t18-/m1/s1. The molecule has 3 aliphatic rings. The van der Waals surface area contributed by atoms with Gasteiger partial charge < -0.3 is 9.80 Å². The maximum atomic E-state index is 13.4. The summed E-state index contributed by atoms with van der Waals surface area (Å²) in [5.74, 6) is 1.11. The topological polar surface area (TPSA) is 43.9 Å². The molecule has 0 aromatic heterocycles. The minimum Gasteiger partial charge on any atom is -0.341 e. The molecule has 0 N–H and O–H groups in total. The summed E-state index contributed by atoms with van der Waals surface area (Å²) in [6, 6.07) is 0.0440. The number of carbonyl (C=O) groups is 2. The third kappa shape index (κ3) is 4.41. The van der Waals surface area contributed by atoms with Crippen molar-refractivity contribution in [3.63, 3.8) is 0 Å². The van der Waals surface area contributed by atoms with Gasteiger partial charge in [-0.05, 0) is 38.0 Å². The summed E-state index contributed by atoms with van der Waals surface area (Å²) < 4.78 is 0. The van der Waals surface area contributed by atoms with E-state index in [1.807, 2.05) is 25.7 Å². The maximum absolute atomic E-state index is 13.4. The number of piperidine rings is 1. The summed E-state index contributed by atoms with van der Waals surface area (Å²) in [4.78, 5) is 32.4. The van der Waals surface area contributed by atoms with Crippen LogP contribution in [0.3, 0.4) is 0 Å². The second kappa shape index (κ2) is 8.28. The van der Waals surface area contributed by atoms with Crippen LogP contribution in [0.1, 0.15) is 65.7 Å². The number of rotatable bonds is 3. The van der Waals surface area contributed by atoms with Crippen LogP contribution in [0.5, 0.6) is 0 Å². The summed E-state index contributed by atoms with van der Waals surface area (Å²) in [5, 5.41) is 0. The Morgan fingerprint density at radius 3 is 1.88 bits per heavy atom. The van der Waals surface area contributed by atoms with E-state index in [9.17, 15) is 9.59 Å². The molecular weight excluding hydrogens is 326 g/mol. The number of nitrogens with zero attached hydrogens (tertiary/aromatic N) is 3. The van der Waals surface area contributed by atoms with E-state index in [0.717, 1.165) is 52.1 Å². The molecule has 1 saturated carbocycles. The molecule has 5 nitrogen and oxygen atoms in total. The van der Waals surface area contributed by atoms with Gasteiger partial charge in [-0.1, -0.05) is 33.6 Å². The average molecular weight is 364 g/mol. The summed E-state index contributed by atoms with van der Waals surface area (Å²) in [6.07, 6.45) is 8.45. The fourth-order valence-electron chi connectivity index (χ4n) is 4.91. The van der Waals surface area contributed by atoms with Crippen molar-refractivity contribution >= 4 is 11.8 Å². The molecule has 148 valence electrons. The lowest BCUT2D eigenvalue weighted by Crippen LogP contribution is -2.59. The summed E-state index contributed by atoms with van der Waals surface area (Å²) >= 11 is 0. The lowest BCUT2D eigenvalue weighted by Gasteiger charge is -2.44. The molecular formula is C21H37N3O2. The highest BCUT2D eigenvalue weighted by Gasteiger charge is 2.40. The zero-order valence-corrected chi connectivity index (χ0v) is 17.0. The van der Waals surface area contributed by atoms with Gasteiger partial charge in [-0.3, -0.25) is 14.5 Å². The molecule has 1 aliphatic carbocycles. The minimum atomic E-state index is -0.323. The van der Waals surface area contributed by atoms with Crippen molar-refractivity contribution in [2.24, 2.45) is 11.3 Å². The molecule has 2 heterocycles. The Kier molecular flexibility index (Phi) is 6.26. The van der Waals surface area contributed by atoms with Crippen molar-refractivity contribution in [2.75, 3.05) is 39.3 Å². The van der Waals surface area contributed by atoms with E-state index in [1.165, 1.54) is 32.1 Å². The highest BCUT2D eigenvalue weighted by molar-refractivity contribution is 5.83. The molecule has 0 radical (unpaired) electrons. The number of amides is 2. The summed E-state index contributed by atoms with van der Waals surface area (Å²) in [5.41, 5.74) is -0.323. The highest BCUT2D eigenvalue weighted by Crippen LogP contribution is 2.32. The minimum absolute atomic E-state index is 0.0440. The van der Waals surface area contributed by atoms with Crippen LogP contribution in [0.25, 0.3) is 0 Å². The van der Waals surface area contributed by atoms with Crippen molar-refractivity contribution in [1.29, 1.82) is 0 Å². The SMILES string of the molecule is CC(C)(C)C(=O)N1CCN([C@@H](C(=O)N2CCCCC2)C2CCCC2)CC1. The van der Waals surface area contributed by atoms with Crippen LogP contribution in [0.2, 0.25) is 0 Å². The van der Waals surface area contributed by atoms with Gasteiger partial charge in [0, 0.05) is 44.7 Å². The molecule has 1 atom stereocenters. The van der Waals surface area contributed by atoms with Gasteiger partial charge >= 0.3 is 0 Å². The molecule has 2 aliphatic heterocycles. The van der Waals surface area contributed by atoms with Crippen LogP contribution in [0.4, 0.5) is 0 Å². The van der Waals surface area contributed by atoms with Crippen molar-refractivity contribution in [2.45, 2.75) is 71.8 Å². The number of piperazine rings is 1. The Balaban J connectivity index is 1.66. The van der Waals surface area contributed by atoms with Gasteiger partial charge in [0.1, 0.15) is 0 Å². The highest BCUT2D eigenvalue weighted by atomic mass is 16.2. The predicted octanol–water partition coefficient (Wildman–Crippen LogP) is 2.75. The van der Waals surface area contributed by atoms with Crippen LogP contribution in [0.15, 0.2) is 0 Å². The summed E-state index contributed by atoms with van der Waals surface area (Å²) in [6.45, 7) is 11.0. The van der Waals surface area contributed by atoms with Crippen LogP contribution in [0, 0.1) is 11.3 Å². The van der Waals surface area contributed by atoms with Crippen LogP contribution in [-0.4, -0.2) is 71.8 Å². The molecule has 0 spiro atoms. The van der Waals surface area contributed by atoms with E-state index in [4.69, 9.17) is 0 Å². The molecule has 26 heavy (non-hydrogen) atoms. The van der Waals surface area contributed by atoms with Crippen LogP contribution in [-0.2, 0) is 9.59 Å². The Bertz CT molecular complexity index is 494. The van der Waals surface area contributed by atoms with Gasteiger partial charge in [-0.25, -0.2) is 0 Å². The smallest absolute Gasteiger partial charge is 0.240 e. The van der Waals surface area contributed by atoms with E-state index >= 15 is 0 Å². The first-order valence-electron chi connectivity index (χ1n) is 10.7. The van der Waals surface area contributed by atoms with Crippen LogP contribution < -0.4 is 0 Å². The lowest BCUT2D eigenvalue weighted by molar-refractivity contribution is -0.145. The van der Waals surface area contributed by atoms with Crippen molar-refractivity contribution in [3.8, 4) is 0 Å². The van der Waals surface area contributed by atoms with Gasteiger partial charge in [0.15, 0.2) is 0 Å². The van der Waals surface area contributed by atoms with Gasteiger partial charge in [-0.2, -0.15) is 0 Å². The molecule has 0 aromatic carbocycles. The second-order valence-corrected chi connectivity index (χ2v) is 9.45. The van der Waals surface area contributed by atoms with Crippen molar-refractivity contribution in [3.05, 3.63) is 0 Å². The molecule has 0 unspecified atom stereocenters. The molecule has 3 rings (SSSR count). The second-order valence-electron chi connectivity index (χ2n) is 9.45. The molecule has 0 bridgehead atoms. The fourth-order valence-corrected chi connectivity index (χ4v) is 4.91. The Labute approximate surface area is 159 Å². The van der Waals surface area contributed by atoms with E-state index in [0.29, 0.717) is 11.8 Å². The van der Waals surface area contributed by atoms with E-state index in [-0.39, 0.29) is 17.4 Å². The zero-order chi connectivity index (χ0) is 18.7. The van der Waals surface area contributed by atoms with E-state index in [2.05, 4.69) is 9.80 Å².